The van der Waals surface area contributed by atoms with Crippen molar-refractivity contribution in [2.24, 2.45) is 12.5 Å². The number of hydrogen-bond acceptors (Lipinski definition) is 8. The first kappa shape index (κ1) is 24.0. The quantitative estimate of drug-likeness (QED) is 0.530. The number of aromatic nitrogens is 3. The van der Waals surface area contributed by atoms with E-state index in [4.69, 9.17) is 23.9 Å². The van der Waals surface area contributed by atoms with E-state index in [0.717, 1.165) is 84.9 Å². The molecule has 2 spiro atoms. The van der Waals surface area contributed by atoms with Gasteiger partial charge >= 0.3 is 0 Å². The fourth-order valence-corrected chi connectivity index (χ4v) is 6.35. The zero-order chi connectivity index (χ0) is 25.9. The number of ether oxygens (including phenoxy) is 4. The van der Waals surface area contributed by atoms with Crippen molar-refractivity contribution in [2.75, 3.05) is 64.6 Å². The summed E-state index contributed by atoms with van der Waals surface area (Å²) in [6, 6.07) is 3.97. The topological polar surface area (TPSA) is 100.0 Å². The molecule has 3 aromatic heterocycles. The van der Waals surface area contributed by atoms with Crippen LogP contribution in [-0.2, 0) is 38.1 Å². The van der Waals surface area contributed by atoms with Crippen molar-refractivity contribution < 1.29 is 23.7 Å². The van der Waals surface area contributed by atoms with Crippen LogP contribution >= 0.6 is 0 Å². The van der Waals surface area contributed by atoms with Crippen LogP contribution in [-0.4, -0.2) is 84.6 Å². The van der Waals surface area contributed by atoms with Gasteiger partial charge in [0.05, 0.1) is 49.5 Å². The lowest BCUT2D eigenvalue weighted by Crippen LogP contribution is -2.66. The van der Waals surface area contributed by atoms with E-state index in [-0.39, 0.29) is 5.91 Å². The number of rotatable bonds is 6. The number of fused-ring (bicyclic) bond motifs is 3. The van der Waals surface area contributed by atoms with Gasteiger partial charge in [-0.25, -0.2) is 9.97 Å². The summed E-state index contributed by atoms with van der Waals surface area (Å²) in [6.07, 6.45) is 5.38. The molecule has 38 heavy (non-hydrogen) atoms. The minimum atomic E-state index is -0.538. The second-order valence-electron chi connectivity index (χ2n) is 11.2. The largest absolute Gasteiger partial charge is 0.492 e. The molecule has 7 heterocycles. The number of amides is 1. The van der Waals surface area contributed by atoms with E-state index in [1.54, 1.807) is 6.20 Å². The van der Waals surface area contributed by atoms with Crippen LogP contribution in [0, 0.1) is 5.41 Å². The van der Waals surface area contributed by atoms with Crippen LogP contribution in [0.3, 0.4) is 0 Å². The molecule has 1 amide bonds. The Morgan fingerprint density at radius 1 is 1.18 bits per heavy atom. The Morgan fingerprint density at radius 3 is 2.79 bits per heavy atom. The van der Waals surface area contributed by atoms with Gasteiger partial charge in [-0.2, -0.15) is 0 Å². The number of nitrogens with one attached hydrogen (secondary N) is 1. The molecule has 3 saturated heterocycles. The van der Waals surface area contributed by atoms with Crippen LogP contribution in [0.1, 0.15) is 24.6 Å². The van der Waals surface area contributed by atoms with Gasteiger partial charge in [-0.05, 0) is 6.07 Å². The third-order valence-electron chi connectivity index (χ3n) is 8.29. The Morgan fingerprint density at radius 2 is 2.05 bits per heavy atom. The van der Waals surface area contributed by atoms with Gasteiger partial charge in [0.15, 0.2) is 0 Å². The molecule has 10 nitrogen and oxygen atoms in total. The number of carbonyl (C=O) groups is 1. The lowest BCUT2D eigenvalue weighted by molar-refractivity contribution is -0.189. The summed E-state index contributed by atoms with van der Waals surface area (Å²) in [5, 5.41) is 3.76. The highest BCUT2D eigenvalue weighted by Crippen LogP contribution is 2.44. The molecule has 0 aromatic carbocycles. The Balaban J connectivity index is 1.25. The summed E-state index contributed by atoms with van der Waals surface area (Å²) in [6.45, 7) is 8.72. The number of pyridine rings is 2. The third kappa shape index (κ3) is 3.98. The maximum atomic E-state index is 11.7. The average molecular weight is 520 g/mol. The van der Waals surface area contributed by atoms with E-state index in [2.05, 4.69) is 27.5 Å². The summed E-state index contributed by atoms with van der Waals surface area (Å²) in [4.78, 5) is 23.7. The summed E-state index contributed by atoms with van der Waals surface area (Å²) in [5.41, 5.74) is 4.64. The highest BCUT2D eigenvalue weighted by Gasteiger charge is 2.48. The van der Waals surface area contributed by atoms with Crippen LogP contribution in [0.15, 0.2) is 24.5 Å². The van der Waals surface area contributed by atoms with Crippen LogP contribution < -0.4 is 10.1 Å². The normalized spacial score (nSPS) is 23.8. The minimum Gasteiger partial charge on any atom is -0.492 e. The highest BCUT2D eigenvalue weighted by atomic mass is 16.6. The lowest BCUT2D eigenvalue weighted by atomic mass is 9.78. The Bertz CT molecular complexity index is 1400. The predicted octanol–water partition coefficient (Wildman–Crippen LogP) is 2.49. The number of likely N-dealkylation sites (tertiary alicyclic amines) is 1. The zero-order valence-electron chi connectivity index (χ0n) is 21.9. The fraction of sp³-hybridized carbons (Fsp3) is 0.536. The van der Waals surface area contributed by atoms with E-state index < -0.39 is 5.60 Å². The standard InChI is InChI=1S/C28H33N5O5/c1-18(34)30-25-9-20-21(12-32(2)23(20)11-29-25)22-10-24(37-8-5-33-13-27(14-33)15-36-16-27)19-3-6-38-28(26(19)31-22)4-7-35-17-28/h9-12H,3-8,13-17H2,1-2H3,(H,29,30,34). The molecule has 0 saturated carbocycles. The smallest absolute Gasteiger partial charge is 0.222 e. The van der Waals surface area contributed by atoms with Crippen molar-refractivity contribution in [2.45, 2.75) is 25.4 Å². The molecule has 1 unspecified atom stereocenters. The molecular weight excluding hydrogens is 486 g/mol. The molecular formula is C28H33N5O5. The Kier molecular flexibility index (Phi) is 5.70. The van der Waals surface area contributed by atoms with Gasteiger partial charge in [-0.3, -0.25) is 9.69 Å². The first-order valence-electron chi connectivity index (χ1n) is 13.4. The van der Waals surface area contributed by atoms with Crippen molar-refractivity contribution in [3.05, 3.63) is 35.8 Å². The summed E-state index contributed by atoms with van der Waals surface area (Å²) in [7, 11) is 1.99. The van der Waals surface area contributed by atoms with Crippen LogP contribution in [0.5, 0.6) is 5.75 Å². The molecule has 200 valence electrons. The summed E-state index contributed by atoms with van der Waals surface area (Å²) >= 11 is 0. The van der Waals surface area contributed by atoms with Gasteiger partial charge in [0.1, 0.15) is 23.8 Å². The molecule has 7 rings (SSSR count). The summed E-state index contributed by atoms with van der Waals surface area (Å²) in [5.74, 6) is 1.23. The van der Waals surface area contributed by atoms with Gasteiger partial charge < -0.3 is 28.8 Å². The van der Waals surface area contributed by atoms with Crippen LogP contribution in [0.25, 0.3) is 22.2 Å². The van der Waals surface area contributed by atoms with Gasteiger partial charge in [-0.15, -0.1) is 0 Å². The molecule has 1 atom stereocenters. The summed E-state index contributed by atoms with van der Waals surface area (Å²) < 4.78 is 26.1. The maximum Gasteiger partial charge on any atom is 0.222 e. The van der Waals surface area contributed by atoms with Gasteiger partial charge in [0.2, 0.25) is 5.91 Å². The van der Waals surface area contributed by atoms with Crippen LogP contribution in [0.2, 0.25) is 0 Å². The number of nitrogens with zero attached hydrogens (tertiary/aromatic N) is 4. The second kappa shape index (κ2) is 9.01. The molecule has 0 aliphatic carbocycles. The number of anilines is 1. The molecule has 0 radical (unpaired) electrons. The van der Waals surface area contributed by atoms with E-state index in [1.165, 1.54) is 6.92 Å². The highest BCUT2D eigenvalue weighted by molar-refractivity contribution is 5.98. The molecule has 10 heteroatoms. The van der Waals surface area contributed by atoms with Crippen molar-refractivity contribution >= 4 is 22.6 Å². The van der Waals surface area contributed by atoms with Gasteiger partial charge in [0.25, 0.3) is 0 Å². The fourth-order valence-electron chi connectivity index (χ4n) is 6.35. The van der Waals surface area contributed by atoms with E-state index in [1.807, 2.05) is 17.7 Å². The third-order valence-corrected chi connectivity index (χ3v) is 8.29. The molecule has 1 N–H and O–H groups in total. The average Bonchev–Trinajstić information content (AvgIpc) is 3.44. The lowest BCUT2D eigenvalue weighted by Gasteiger charge is -2.55. The minimum absolute atomic E-state index is 0.157. The molecule has 3 aromatic rings. The maximum absolute atomic E-state index is 11.7. The molecule has 4 aliphatic rings. The monoisotopic (exact) mass is 519 g/mol. The number of carbonyl (C=O) groups excluding carboxylic acids is 1. The SMILES string of the molecule is CC(=O)Nc1cc2c(-c3cc(OCCN4CC5(COC5)C4)c4c(n3)C3(CCOC3)OCC4)cn(C)c2cn1. The van der Waals surface area contributed by atoms with Gasteiger partial charge in [0, 0.05) is 87.2 Å². The Labute approximate surface area is 221 Å². The van der Waals surface area contributed by atoms with E-state index >= 15 is 0 Å². The first-order chi connectivity index (χ1) is 18.4. The first-order valence-corrected chi connectivity index (χ1v) is 13.4. The molecule has 3 fully saturated rings. The van der Waals surface area contributed by atoms with Crippen molar-refractivity contribution in [3.8, 4) is 17.0 Å². The van der Waals surface area contributed by atoms with E-state index in [0.29, 0.717) is 37.7 Å². The van der Waals surface area contributed by atoms with E-state index in [9.17, 15) is 4.79 Å². The van der Waals surface area contributed by atoms with Crippen molar-refractivity contribution in [1.82, 2.24) is 19.4 Å². The number of aryl methyl sites for hydroxylation is 1. The Hall–Kier alpha value is -3.05. The molecule has 0 bridgehead atoms. The van der Waals surface area contributed by atoms with Gasteiger partial charge in [-0.1, -0.05) is 0 Å². The predicted molar refractivity (Wildman–Crippen MR) is 140 cm³/mol. The van der Waals surface area contributed by atoms with Crippen molar-refractivity contribution in [3.63, 3.8) is 0 Å². The number of hydrogen-bond donors (Lipinski definition) is 1. The van der Waals surface area contributed by atoms with Crippen molar-refractivity contribution in [1.29, 1.82) is 0 Å². The second-order valence-corrected chi connectivity index (χ2v) is 11.2. The van der Waals surface area contributed by atoms with Crippen LogP contribution in [0.4, 0.5) is 5.82 Å². The molecule has 4 aliphatic heterocycles. The zero-order valence-corrected chi connectivity index (χ0v) is 21.9.